The van der Waals surface area contributed by atoms with Gasteiger partial charge in [0.15, 0.2) is 9.84 Å². The number of hydrogen-bond donors (Lipinski definition) is 0. The number of benzene rings is 1. The number of amides is 2. The van der Waals surface area contributed by atoms with Gasteiger partial charge in [-0.15, -0.1) is 0 Å². The summed E-state index contributed by atoms with van der Waals surface area (Å²) in [6.07, 6.45) is 1.80. The fourth-order valence-electron chi connectivity index (χ4n) is 4.16. The summed E-state index contributed by atoms with van der Waals surface area (Å²) in [4.78, 5) is 29.3. The Balaban J connectivity index is 1.60. The molecular formula is C20H28N2O4S. The minimum atomic E-state index is -3.02. The summed E-state index contributed by atoms with van der Waals surface area (Å²) in [6.45, 7) is 5.48. The van der Waals surface area contributed by atoms with E-state index in [-0.39, 0.29) is 35.3 Å². The monoisotopic (exact) mass is 392 g/mol. The fourth-order valence-corrected chi connectivity index (χ4v) is 5.89. The predicted octanol–water partition coefficient (Wildman–Crippen LogP) is 1.88. The van der Waals surface area contributed by atoms with Gasteiger partial charge in [0.25, 0.3) is 5.91 Å². The third-order valence-electron chi connectivity index (χ3n) is 5.78. The minimum Gasteiger partial charge on any atom is -0.339 e. The second kappa shape index (κ2) is 8.00. The van der Waals surface area contributed by atoms with Crippen molar-refractivity contribution in [2.24, 2.45) is 5.92 Å². The van der Waals surface area contributed by atoms with Crippen molar-refractivity contribution in [1.29, 1.82) is 0 Å². The maximum Gasteiger partial charge on any atom is 0.254 e. The average Bonchev–Trinajstić information content (AvgIpc) is 3.01. The summed E-state index contributed by atoms with van der Waals surface area (Å²) < 4.78 is 23.5. The first-order valence-electron chi connectivity index (χ1n) is 9.68. The molecule has 6 nitrogen and oxygen atoms in total. The Morgan fingerprint density at radius 2 is 1.81 bits per heavy atom. The van der Waals surface area contributed by atoms with E-state index >= 15 is 0 Å². The fraction of sp³-hybridized carbons (Fsp3) is 0.600. The molecule has 0 bridgehead atoms. The Labute approximate surface area is 161 Å². The van der Waals surface area contributed by atoms with Crippen molar-refractivity contribution >= 4 is 21.7 Å². The van der Waals surface area contributed by atoms with Gasteiger partial charge in [0.1, 0.15) is 0 Å². The Morgan fingerprint density at radius 3 is 2.37 bits per heavy atom. The van der Waals surface area contributed by atoms with Crippen molar-refractivity contribution in [2.45, 2.75) is 39.2 Å². The molecule has 1 aromatic rings. The maximum atomic E-state index is 13.0. The van der Waals surface area contributed by atoms with Crippen LogP contribution in [0.5, 0.6) is 0 Å². The van der Waals surface area contributed by atoms with E-state index in [4.69, 9.17) is 0 Å². The number of sulfone groups is 1. The number of likely N-dealkylation sites (tertiary alicyclic amines) is 1. The molecule has 0 N–H and O–H groups in total. The molecule has 2 fully saturated rings. The molecule has 0 saturated carbocycles. The summed E-state index contributed by atoms with van der Waals surface area (Å²) in [5.41, 5.74) is 1.67. The van der Waals surface area contributed by atoms with Crippen LogP contribution in [0.15, 0.2) is 24.3 Å². The number of piperidine rings is 1. The van der Waals surface area contributed by atoms with Gasteiger partial charge in [0.2, 0.25) is 5.91 Å². The van der Waals surface area contributed by atoms with Crippen LogP contribution in [0.4, 0.5) is 0 Å². The molecule has 0 aliphatic carbocycles. The van der Waals surface area contributed by atoms with E-state index in [1.807, 2.05) is 43.0 Å². The Hall–Kier alpha value is -1.89. The van der Waals surface area contributed by atoms with Crippen LogP contribution in [-0.4, -0.2) is 67.2 Å². The van der Waals surface area contributed by atoms with Crippen LogP contribution >= 0.6 is 0 Å². The van der Waals surface area contributed by atoms with Crippen LogP contribution in [0.2, 0.25) is 0 Å². The molecule has 7 heteroatoms. The van der Waals surface area contributed by atoms with Crippen molar-refractivity contribution in [3.05, 3.63) is 35.4 Å². The lowest BCUT2D eigenvalue weighted by molar-refractivity contribution is -0.138. The zero-order chi connectivity index (χ0) is 19.6. The standard InChI is InChI=1S/C20H28N2O4S/c1-3-22(17-10-13-27(25,26)14-17)19(23)16-8-11-21(12-9-16)20(24)18-7-5-4-6-15(18)2/h4-7,16-17H,3,8-14H2,1-2H3. The number of carbonyl (C=O) groups excluding carboxylic acids is 2. The van der Waals surface area contributed by atoms with E-state index in [1.165, 1.54) is 0 Å². The minimum absolute atomic E-state index is 0.0215. The molecule has 2 amide bonds. The Morgan fingerprint density at radius 1 is 1.15 bits per heavy atom. The molecule has 148 valence electrons. The highest BCUT2D eigenvalue weighted by Crippen LogP contribution is 2.25. The number of hydrogen-bond acceptors (Lipinski definition) is 4. The molecule has 0 spiro atoms. The van der Waals surface area contributed by atoms with Crippen molar-refractivity contribution in [2.75, 3.05) is 31.1 Å². The van der Waals surface area contributed by atoms with E-state index in [9.17, 15) is 18.0 Å². The molecule has 0 radical (unpaired) electrons. The van der Waals surface area contributed by atoms with Gasteiger partial charge in [0, 0.05) is 37.2 Å². The van der Waals surface area contributed by atoms with E-state index in [0.29, 0.717) is 44.5 Å². The third kappa shape index (κ3) is 4.34. The summed E-state index contributed by atoms with van der Waals surface area (Å²) in [5, 5.41) is 0. The van der Waals surface area contributed by atoms with Crippen molar-refractivity contribution < 1.29 is 18.0 Å². The van der Waals surface area contributed by atoms with Gasteiger partial charge >= 0.3 is 0 Å². The molecule has 1 unspecified atom stereocenters. The van der Waals surface area contributed by atoms with E-state index in [0.717, 1.165) is 5.56 Å². The predicted molar refractivity (Wildman–Crippen MR) is 104 cm³/mol. The number of carbonyl (C=O) groups is 2. The lowest BCUT2D eigenvalue weighted by atomic mass is 9.93. The molecule has 2 heterocycles. The van der Waals surface area contributed by atoms with Gasteiger partial charge in [-0.2, -0.15) is 0 Å². The normalized spacial score (nSPS) is 22.6. The zero-order valence-corrected chi connectivity index (χ0v) is 16.9. The molecule has 27 heavy (non-hydrogen) atoms. The van der Waals surface area contributed by atoms with Gasteiger partial charge in [-0.25, -0.2) is 8.42 Å². The molecule has 1 aromatic carbocycles. The molecular weight excluding hydrogens is 364 g/mol. The van der Waals surface area contributed by atoms with Crippen LogP contribution in [0.1, 0.15) is 42.1 Å². The van der Waals surface area contributed by atoms with Gasteiger partial charge in [0.05, 0.1) is 11.5 Å². The van der Waals surface area contributed by atoms with Crippen LogP contribution in [-0.2, 0) is 14.6 Å². The van der Waals surface area contributed by atoms with Crippen LogP contribution in [0.25, 0.3) is 0 Å². The first-order chi connectivity index (χ1) is 12.8. The first kappa shape index (κ1) is 19.9. The summed E-state index contributed by atoms with van der Waals surface area (Å²) in [6, 6.07) is 7.36. The van der Waals surface area contributed by atoms with Crippen LogP contribution < -0.4 is 0 Å². The average molecular weight is 393 g/mol. The smallest absolute Gasteiger partial charge is 0.254 e. The number of nitrogens with zero attached hydrogens (tertiary/aromatic N) is 2. The summed E-state index contributed by atoms with van der Waals surface area (Å²) in [7, 11) is -3.02. The second-order valence-electron chi connectivity index (χ2n) is 7.56. The van der Waals surface area contributed by atoms with Gasteiger partial charge in [-0.1, -0.05) is 18.2 Å². The highest BCUT2D eigenvalue weighted by molar-refractivity contribution is 7.91. The molecule has 0 aromatic heterocycles. The summed E-state index contributed by atoms with van der Waals surface area (Å²) in [5.74, 6) is 0.187. The highest BCUT2D eigenvalue weighted by atomic mass is 32.2. The lowest BCUT2D eigenvalue weighted by Crippen LogP contribution is -2.48. The SMILES string of the molecule is CCN(C(=O)C1CCN(C(=O)c2ccccc2C)CC1)C1CCS(=O)(=O)C1. The molecule has 2 aliphatic rings. The largest absolute Gasteiger partial charge is 0.339 e. The molecule has 3 rings (SSSR count). The van der Waals surface area contributed by atoms with Gasteiger partial charge in [-0.05, 0) is 44.7 Å². The Kier molecular flexibility index (Phi) is 5.89. The second-order valence-corrected chi connectivity index (χ2v) is 9.79. The first-order valence-corrected chi connectivity index (χ1v) is 11.5. The maximum absolute atomic E-state index is 13.0. The van der Waals surface area contributed by atoms with E-state index in [2.05, 4.69) is 0 Å². The van der Waals surface area contributed by atoms with Crippen molar-refractivity contribution in [1.82, 2.24) is 9.80 Å². The zero-order valence-electron chi connectivity index (χ0n) is 16.1. The highest BCUT2D eigenvalue weighted by Gasteiger charge is 2.37. The number of rotatable bonds is 4. The van der Waals surface area contributed by atoms with E-state index < -0.39 is 9.84 Å². The van der Waals surface area contributed by atoms with Gasteiger partial charge in [-0.3, -0.25) is 9.59 Å². The van der Waals surface area contributed by atoms with E-state index in [1.54, 1.807) is 4.90 Å². The van der Waals surface area contributed by atoms with Crippen molar-refractivity contribution in [3.8, 4) is 0 Å². The van der Waals surface area contributed by atoms with Crippen LogP contribution in [0, 0.1) is 12.8 Å². The number of aryl methyl sites for hydroxylation is 1. The quantitative estimate of drug-likeness (QED) is 0.784. The Bertz CT molecular complexity index is 813. The third-order valence-corrected chi connectivity index (χ3v) is 7.53. The summed E-state index contributed by atoms with van der Waals surface area (Å²) >= 11 is 0. The molecule has 2 saturated heterocycles. The van der Waals surface area contributed by atoms with Gasteiger partial charge < -0.3 is 9.80 Å². The lowest BCUT2D eigenvalue weighted by Gasteiger charge is -2.36. The van der Waals surface area contributed by atoms with Crippen LogP contribution in [0.3, 0.4) is 0 Å². The van der Waals surface area contributed by atoms with Crippen molar-refractivity contribution in [3.63, 3.8) is 0 Å². The molecule has 1 atom stereocenters. The molecule has 2 aliphatic heterocycles. The topological polar surface area (TPSA) is 74.8 Å².